The van der Waals surface area contributed by atoms with Crippen molar-refractivity contribution in [3.05, 3.63) is 29.8 Å². The lowest BCUT2D eigenvalue weighted by Gasteiger charge is -2.17. The van der Waals surface area contributed by atoms with E-state index in [0.717, 1.165) is 30.8 Å². The highest BCUT2D eigenvalue weighted by molar-refractivity contribution is 5.94. The van der Waals surface area contributed by atoms with E-state index in [-0.39, 0.29) is 11.8 Å². The maximum atomic E-state index is 11.1. The van der Waals surface area contributed by atoms with Gasteiger partial charge in [-0.15, -0.1) is 0 Å². The summed E-state index contributed by atoms with van der Waals surface area (Å²) in [5, 5.41) is 0. The Morgan fingerprint density at radius 1 is 1.40 bits per heavy atom. The molecule has 0 aliphatic carbocycles. The molecule has 1 atom stereocenters. The van der Waals surface area contributed by atoms with Crippen LogP contribution in [0, 0.1) is 0 Å². The summed E-state index contributed by atoms with van der Waals surface area (Å²) in [4.78, 5) is 13.4. The fourth-order valence-electron chi connectivity index (χ4n) is 1.93. The van der Waals surface area contributed by atoms with Gasteiger partial charge in [0, 0.05) is 30.4 Å². The van der Waals surface area contributed by atoms with Crippen LogP contribution in [-0.2, 0) is 0 Å². The van der Waals surface area contributed by atoms with Gasteiger partial charge in [-0.2, -0.15) is 0 Å². The summed E-state index contributed by atoms with van der Waals surface area (Å²) >= 11 is 0. The third kappa shape index (κ3) is 2.18. The van der Waals surface area contributed by atoms with Gasteiger partial charge in [0.25, 0.3) is 0 Å². The van der Waals surface area contributed by atoms with Gasteiger partial charge in [0.15, 0.2) is 5.78 Å². The monoisotopic (exact) mass is 204 g/mol. The Hall–Kier alpha value is -1.35. The quantitative estimate of drug-likeness (QED) is 0.741. The molecule has 0 aromatic heterocycles. The summed E-state index contributed by atoms with van der Waals surface area (Å²) in [6, 6.07) is 8.03. The summed E-state index contributed by atoms with van der Waals surface area (Å²) < 4.78 is 0. The molecule has 0 radical (unpaired) electrons. The van der Waals surface area contributed by atoms with Crippen molar-refractivity contribution >= 4 is 11.5 Å². The molecule has 3 heteroatoms. The number of anilines is 1. The standard InChI is InChI=1S/C12H16N2O/c1-9(15)10-2-4-12(5-3-10)14-7-6-11(13)8-14/h2-5,11H,6-8,13H2,1H3/t11-/m0/s1. The number of hydrogen-bond donors (Lipinski definition) is 1. The molecule has 80 valence electrons. The van der Waals surface area contributed by atoms with Crippen molar-refractivity contribution in [1.82, 2.24) is 0 Å². The molecule has 1 saturated heterocycles. The second-order valence-electron chi connectivity index (χ2n) is 4.10. The Bertz CT molecular complexity index is 358. The number of rotatable bonds is 2. The van der Waals surface area contributed by atoms with Crippen LogP contribution in [0.25, 0.3) is 0 Å². The lowest BCUT2D eigenvalue weighted by atomic mass is 10.1. The molecule has 0 amide bonds. The van der Waals surface area contributed by atoms with Gasteiger partial charge in [0.05, 0.1) is 0 Å². The summed E-state index contributed by atoms with van der Waals surface area (Å²) in [6.45, 7) is 3.51. The number of hydrogen-bond acceptors (Lipinski definition) is 3. The van der Waals surface area contributed by atoms with E-state index in [1.165, 1.54) is 0 Å². The molecule has 1 aliphatic rings. The molecule has 0 spiro atoms. The lowest BCUT2D eigenvalue weighted by molar-refractivity contribution is 0.101. The van der Waals surface area contributed by atoms with E-state index in [1.807, 2.05) is 24.3 Å². The van der Waals surface area contributed by atoms with Gasteiger partial charge >= 0.3 is 0 Å². The van der Waals surface area contributed by atoms with E-state index in [2.05, 4.69) is 4.90 Å². The van der Waals surface area contributed by atoms with E-state index < -0.39 is 0 Å². The molecular weight excluding hydrogens is 188 g/mol. The van der Waals surface area contributed by atoms with E-state index in [0.29, 0.717) is 0 Å². The Labute approximate surface area is 89.9 Å². The first-order chi connectivity index (χ1) is 7.16. The number of carbonyl (C=O) groups excluding carboxylic acids is 1. The maximum absolute atomic E-state index is 11.1. The smallest absolute Gasteiger partial charge is 0.159 e. The molecule has 1 aliphatic heterocycles. The zero-order valence-electron chi connectivity index (χ0n) is 8.94. The van der Waals surface area contributed by atoms with Gasteiger partial charge in [-0.25, -0.2) is 0 Å². The van der Waals surface area contributed by atoms with Crippen LogP contribution in [-0.4, -0.2) is 24.9 Å². The van der Waals surface area contributed by atoms with Crippen LogP contribution in [0.1, 0.15) is 23.7 Å². The van der Waals surface area contributed by atoms with Gasteiger partial charge in [-0.05, 0) is 37.6 Å². The molecular formula is C12H16N2O. The van der Waals surface area contributed by atoms with Crippen LogP contribution in [0.4, 0.5) is 5.69 Å². The van der Waals surface area contributed by atoms with E-state index in [1.54, 1.807) is 6.92 Å². The average molecular weight is 204 g/mol. The number of carbonyl (C=O) groups is 1. The van der Waals surface area contributed by atoms with Crippen molar-refractivity contribution in [1.29, 1.82) is 0 Å². The fourth-order valence-corrected chi connectivity index (χ4v) is 1.93. The second-order valence-corrected chi connectivity index (χ2v) is 4.10. The largest absolute Gasteiger partial charge is 0.370 e. The molecule has 0 bridgehead atoms. The van der Waals surface area contributed by atoms with Gasteiger partial charge in [0.2, 0.25) is 0 Å². The topological polar surface area (TPSA) is 46.3 Å². The SMILES string of the molecule is CC(=O)c1ccc(N2CC[C@H](N)C2)cc1. The molecule has 1 heterocycles. The van der Waals surface area contributed by atoms with Crippen molar-refractivity contribution in [2.75, 3.05) is 18.0 Å². The molecule has 2 N–H and O–H groups in total. The number of nitrogens with two attached hydrogens (primary N) is 1. The number of Topliss-reactive ketones (excluding diaryl/α,β-unsaturated/α-hetero) is 1. The average Bonchev–Trinajstić information content (AvgIpc) is 2.65. The summed E-state index contributed by atoms with van der Waals surface area (Å²) in [7, 11) is 0. The Morgan fingerprint density at radius 3 is 2.53 bits per heavy atom. The van der Waals surface area contributed by atoms with Crippen LogP contribution in [0.2, 0.25) is 0 Å². The summed E-state index contributed by atoms with van der Waals surface area (Å²) in [5.74, 6) is 0.111. The minimum Gasteiger partial charge on any atom is -0.370 e. The van der Waals surface area contributed by atoms with Crippen LogP contribution < -0.4 is 10.6 Å². The number of ketones is 1. The highest BCUT2D eigenvalue weighted by Gasteiger charge is 2.18. The van der Waals surface area contributed by atoms with E-state index >= 15 is 0 Å². The summed E-state index contributed by atoms with van der Waals surface area (Å²) in [5.41, 5.74) is 7.77. The van der Waals surface area contributed by atoms with Gasteiger partial charge in [-0.3, -0.25) is 4.79 Å². The normalized spacial score (nSPS) is 20.7. The van der Waals surface area contributed by atoms with Crippen molar-refractivity contribution in [2.24, 2.45) is 5.73 Å². The van der Waals surface area contributed by atoms with Crippen molar-refractivity contribution in [3.63, 3.8) is 0 Å². The van der Waals surface area contributed by atoms with E-state index in [4.69, 9.17) is 5.73 Å². The van der Waals surface area contributed by atoms with Gasteiger partial charge in [0.1, 0.15) is 0 Å². The first-order valence-corrected chi connectivity index (χ1v) is 5.28. The lowest BCUT2D eigenvalue weighted by Crippen LogP contribution is -2.26. The third-order valence-electron chi connectivity index (χ3n) is 2.86. The molecule has 0 saturated carbocycles. The van der Waals surface area contributed by atoms with Crippen molar-refractivity contribution < 1.29 is 4.79 Å². The third-order valence-corrected chi connectivity index (χ3v) is 2.86. The predicted octanol–water partition coefficient (Wildman–Crippen LogP) is 1.43. The number of nitrogens with zero attached hydrogens (tertiary/aromatic N) is 1. The molecule has 0 unspecified atom stereocenters. The molecule has 15 heavy (non-hydrogen) atoms. The van der Waals surface area contributed by atoms with Crippen molar-refractivity contribution in [2.45, 2.75) is 19.4 Å². The molecule has 3 nitrogen and oxygen atoms in total. The first-order valence-electron chi connectivity index (χ1n) is 5.28. The summed E-state index contributed by atoms with van der Waals surface area (Å²) in [6.07, 6.45) is 1.05. The predicted molar refractivity (Wildman–Crippen MR) is 61.3 cm³/mol. The first kappa shape index (κ1) is 10.2. The van der Waals surface area contributed by atoms with Crippen LogP contribution >= 0.6 is 0 Å². The van der Waals surface area contributed by atoms with Crippen molar-refractivity contribution in [3.8, 4) is 0 Å². The van der Waals surface area contributed by atoms with Crippen LogP contribution in [0.15, 0.2) is 24.3 Å². The van der Waals surface area contributed by atoms with Gasteiger partial charge < -0.3 is 10.6 Å². The fraction of sp³-hybridized carbons (Fsp3) is 0.417. The zero-order valence-corrected chi connectivity index (χ0v) is 8.94. The van der Waals surface area contributed by atoms with E-state index in [9.17, 15) is 4.79 Å². The Balaban J connectivity index is 2.13. The highest BCUT2D eigenvalue weighted by atomic mass is 16.1. The Morgan fingerprint density at radius 2 is 2.07 bits per heavy atom. The molecule has 2 rings (SSSR count). The minimum atomic E-state index is 0.111. The Kier molecular flexibility index (Phi) is 2.73. The van der Waals surface area contributed by atoms with Crippen LogP contribution in [0.5, 0.6) is 0 Å². The highest BCUT2D eigenvalue weighted by Crippen LogP contribution is 2.20. The second kappa shape index (κ2) is 4.03. The zero-order chi connectivity index (χ0) is 10.8. The van der Waals surface area contributed by atoms with Gasteiger partial charge in [-0.1, -0.05) is 0 Å². The molecule has 1 aromatic rings. The van der Waals surface area contributed by atoms with Crippen LogP contribution in [0.3, 0.4) is 0 Å². The molecule has 1 fully saturated rings. The maximum Gasteiger partial charge on any atom is 0.159 e. The molecule has 1 aromatic carbocycles. The number of benzene rings is 1. The minimum absolute atomic E-state index is 0.111.